The first-order chi connectivity index (χ1) is 16.6. The molecule has 2 aromatic heterocycles. The van der Waals surface area contributed by atoms with Gasteiger partial charge >= 0.3 is 0 Å². The lowest BCUT2D eigenvalue weighted by Crippen LogP contribution is -2.41. The minimum absolute atomic E-state index is 0.0238. The highest BCUT2D eigenvalue weighted by atomic mass is 16.1. The van der Waals surface area contributed by atoms with Gasteiger partial charge in [-0.2, -0.15) is 5.10 Å². The monoisotopic (exact) mass is 461 g/mol. The molecular weight excluding hydrogens is 430 g/mol. The number of anilines is 1. The molecule has 5 N–H and O–H groups in total. The fourth-order valence-corrected chi connectivity index (χ4v) is 5.14. The van der Waals surface area contributed by atoms with Crippen LogP contribution in [0.5, 0.6) is 0 Å². The third-order valence-corrected chi connectivity index (χ3v) is 7.02. The standard InChI is InChI=1S/C25H31N7O2/c26-24-21(25(34)27-12-19-4-3-5-22-20(19)13-28-29-22)16-32(30-24)15-18-9-7-17(8-10-18)14-31-11-2-1-6-23(31)33/h1-2,6-11,16,19-20,22,28-29H,3-5,12-15H2,(H2,26,30)(H,27,34). The molecule has 34 heavy (non-hydrogen) atoms. The van der Waals surface area contributed by atoms with Crippen molar-refractivity contribution in [2.24, 2.45) is 11.8 Å². The minimum atomic E-state index is -0.173. The van der Waals surface area contributed by atoms with E-state index >= 15 is 0 Å². The summed E-state index contributed by atoms with van der Waals surface area (Å²) >= 11 is 0. The van der Waals surface area contributed by atoms with Gasteiger partial charge in [0.25, 0.3) is 11.5 Å². The Morgan fingerprint density at radius 3 is 2.71 bits per heavy atom. The van der Waals surface area contributed by atoms with E-state index in [9.17, 15) is 9.59 Å². The van der Waals surface area contributed by atoms with Crippen molar-refractivity contribution in [2.75, 3.05) is 18.8 Å². The topological polar surface area (TPSA) is 119 Å². The molecule has 0 bridgehead atoms. The normalized spacial score (nSPS) is 21.8. The summed E-state index contributed by atoms with van der Waals surface area (Å²) in [6.45, 7) is 2.63. The molecule has 1 saturated carbocycles. The van der Waals surface area contributed by atoms with E-state index < -0.39 is 0 Å². The Labute approximate surface area is 198 Å². The van der Waals surface area contributed by atoms with Gasteiger partial charge in [0.1, 0.15) is 5.56 Å². The molecule has 2 fully saturated rings. The number of nitrogens with zero attached hydrogens (tertiary/aromatic N) is 3. The smallest absolute Gasteiger partial charge is 0.256 e. The first kappa shape index (κ1) is 22.4. The second kappa shape index (κ2) is 9.82. The molecular formula is C25H31N7O2. The Balaban J connectivity index is 1.18. The van der Waals surface area contributed by atoms with Crippen LogP contribution in [0.2, 0.25) is 0 Å². The van der Waals surface area contributed by atoms with E-state index in [1.807, 2.05) is 30.3 Å². The molecule has 1 aliphatic carbocycles. The molecule has 3 heterocycles. The number of fused-ring (bicyclic) bond motifs is 1. The van der Waals surface area contributed by atoms with Crippen molar-refractivity contribution in [1.82, 2.24) is 30.5 Å². The van der Waals surface area contributed by atoms with E-state index in [4.69, 9.17) is 5.73 Å². The van der Waals surface area contributed by atoms with Crippen LogP contribution in [0.15, 0.2) is 59.7 Å². The summed E-state index contributed by atoms with van der Waals surface area (Å²) < 4.78 is 3.36. The number of pyridine rings is 1. The summed E-state index contributed by atoms with van der Waals surface area (Å²) in [4.78, 5) is 24.7. The van der Waals surface area contributed by atoms with Gasteiger partial charge in [-0.15, -0.1) is 0 Å². The third-order valence-electron chi connectivity index (χ3n) is 7.02. The number of nitrogen functional groups attached to an aromatic ring is 1. The molecule has 9 nitrogen and oxygen atoms in total. The van der Waals surface area contributed by atoms with Crippen molar-refractivity contribution in [1.29, 1.82) is 0 Å². The van der Waals surface area contributed by atoms with Gasteiger partial charge < -0.3 is 15.6 Å². The van der Waals surface area contributed by atoms with Crippen LogP contribution in [0.4, 0.5) is 5.82 Å². The lowest BCUT2D eigenvalue weighted by Gasteiger charge is -2.32. The number of nitrogens with one attached hydrogen (secondary N) is 3. The molecule has 3 aromatic rings. The summed E-state index contributed by atoms with van der Waals surface area (Å²) in [6.07, 6.45) is 6.99. The largest absolute Gasteiger partial charge is 0.382 e. The van der Waals surface area contributed by atoms with Gasteiger partial charge in [-0.05, 0) is 41.9 Å². The van der Waals surface area contributed by atoms with Crippen molar-refractivity contribution in [3.05, 3.63) is 81.9 Å². The predicted molar refractivity (Wildman–Crippen MR) is 130 cm³/mol. The molecule has 3 unspecified atom stereocenters. The zero-order valence-electron chi connectivity index (χ0n) is 19.1. The second-order valence-corrected chi connectivity index (χ2v) is 9.31. The van der Waals surface area contributed by atoms with Crippen LogP contribution in [0.3, 0.4) is 0 Å². The minimum Gasteiger partial charge on any atom is -0.382 e. The summed E-state index contributed by atoms with van der Waals surface area (Å²) in [5.41, 5.74) is 15.1. The van der Waals surface area contributed by atoms with E-state index in [2.05, 4.69) is 21.3 Å². The SMILES string of the molecule is Nc1nn(Cc2ccc(Cn3ccccc3=O)cc2)cc1C(=O)NCC1CCCC2NNCC12. The number of carbonyl (C=O) groups excluding carboxylic acids is 1. The first-order valence-electron chi connectivity index (χ1n) is 11.9. The van der Waals surface area contributed by atoms with Crippen molar-refractivity contribution < 1.29 is 4.79 Å². The van der Waals surface area contributed by atoms with Gasteiger partial charge in [0.2, 0.25) is 0 Å². The Bertz CT molecular complexity index is 1200. The van der Waals surface area contributed by atoms with Gasteiger partial charge in [-0.3, -0.25) is 25.1 Å². The van der Waals surface area contributed by atoms with Gasteiger partial charge in [-0.1, -0.05) is 36.8 Å². The van der Waals surface area contributed by atoms with Gasteiger partial charge in [-0.25, -0.2) is 0 Å². The van der Waals surface area contributed by atoms with Crippen molar-refractivity contribution in [3.63, 3.8) is 0 Å². The molecule has 0 radical (unpaired) electrons. The van der Waals surface area contributed by atoms with E-state index in [0.29, 0.717) is 43.1 Å². The average Bonchev–Trinajstić information content (AvgIpc) is 3.47. The highest BCUT2D eigenvalue weighted by Crippen LogP contribution is 2.31. The van der Waals surface area contributed by atoms with Crippen LogP contribution in [-0.2, 0) is 13.1 Å². The number of hydrogen-bond acceptors (Lipinski definition) is 6. The van der Waals surface area contributed by atoms with E-state index in [1.165, 1.54) is 12.8 Å². The highest BCUT2D eigenvalue weighted by Gasteiger charge is 2.36. The zero-order valence-corrected chi connectivity index (χ0v) is 19.1. The Kier molecular flexibility index (Phi) is 6.46. The molecule has 5 rings (SSSR count). The molecule has 178 valence electrons. The number of carbonyl (C=O) groups is 1. The summed E-state index contributed by atoms with van der Waals surface area (Å²) in [5, 5.41) is 7.42. The van der Waals surface area contributed by atoms with E-state index in [0.717, 1.165) is 24.1 Å². The van der Waals surface area contributed by atoms with Crippen LogP contribution < -0.4 is 27.5 Å². The maximum atomic E-state index is 12.8. The predicted octanol–water partition coefficient (Wildman–Crippen LogP) is 1.35. The summed E-state index contributed by atoms with van der Waals surface area (Å²) in [5.74, 6) is 1.08. The third kappa shape index (κ3) is 4.90. The molecule has 3 atom stereocenters. The molecule has 2 aliphatic rings. The van der Waals surface area contributed by atoms with Crippen LogP contribution in [0.1, 0.15) is 40.7 Å². The van der Waals surface area contributed by atoms with E-state index in [1.54, 1.807) is 33.8 Å². The zero-order chi connectivity index (χ0) is 23.5. The average molecular weight is 462 g/mol. The number of rotatable bonds is 7. The van der Waals surface area contributed by atoms with Gasteiger partial charge in [0, 0.05) is 37.6 Å². The molecule has 1 aliphatic heterocycles. The van der Waals surface area contributed by atoms with E-state index in [-0.39, 0.29) is 17.3 Å². The Morgan fingerprint density at radius 2 is 1.91 bits per heavy atom. The Hall–Kier alpha value is -3.43. The molecule has 0 spiro atoms. The summed E-state index contributed by atoms with van der Waals surface area (Å²) in [7, 11) is 0. The second-order valence-electron chi connectivity index (χ2n) is 9.31. The highest BCUT2D eigenvalue weighted by molar-refractivity contribution is 5.98. The molecule has 9 heteroatoms. The maximum Gasteiger partial charge on any atom is 0.256 e. The molecule has 1 amide bonds. The van der Waals surface area contributed by atoms with Crippen LogP contribution in [0, 0.1) is 11.8 Å². The summed E-state index contributed by atoms with van der Waals surface area (Å²) in [6, 6.07) is 13.7. The lowest BCUT2D eigenvalue weighted by atomic mass is 9.77. The maximum absolute atomic E-state index is 12.8. The van der Waals surface area contributed by atoms with Crippen molar-refractivity contribution in [3.8, 4) is 0 Å². The van der Waals surface area contributed by atoms with Gasteiger partial charge in [0.05, 0.1) is 13.1 Å². The fraction of sp³-hybridized carbons (Fsp3) is 0.400. The lowest BCUT2D eigenvalue weighted by molar-refractivity contribution is 0.0934. The van der Waals surface area contributed by atoms with Crippen LogP contribution in [0.25, 0.3) is 0 Å². The first-order valence-corrected chi connectivity index (χ1v) is 11.9. The Morgan fingerprint density at radius 1 is 1.12 bits per heavy atom. The number of benzene rings is 1. The van der Waals surface area contributed by atoms with Crippen LogP contribution >= 0.6 is 0 Å². The van der Waals surface area contributed by atoms with Gasteiger partial charge in [0.15, 0.2) is 5.82 Å². The molecule has 1 aromatic carbocycles. The van der Waals surface area contributed by atoms with Crippen LogP contribution in [-0.4, -0.2) is 39.4 Å². The van der Waals surface area contributed by atoms with Crippen molar-refractivity contribution >= 4 is 11.7 Å². The van der Waals surface area contributed by atoms with Crippen molar-refractivity contribution in [2.45, 2.75) is 38.4 Å². The molecule has 1 saturated heterocycles. The quantitative estimate of drug-likeness (QED) is 0.422. The number of aromatic nitrogens is 3. The number of nitrogens with two attached hydrogens (primary N) is 1. The number of hydrazine groups is 1. The number of amides is 1. The fourth-order valence-electron chi connectivity index (χ4n) is 5.14. The number of hydrogen-bond donors (Lipinski definition) is 4.